The number of methoxy groups -OCH3 is 1. The number of ether oxygens (including phenoxy) is 3. The summed E-state index contributed by atoms with van der Waals surface area (Å²) < 4.78 is 18.1. The first-order chi connectivity index (χ1) is 18.7. The first-order valence-electron chi connectivity index (χ1n) is 12.9. The quantitative estimate of drug-likeness (QED) is 0.305. The zero-order valence-electron chi connectivity index (χ0n) is 23.0. The zero-order valence-corrected chi connectivity index (χ0v) is 25.2. The van der Waals surface area contributed by atoms with Gasteiger partial charge in [-0.25, -0.2) is 14.8 Å². The first-order valence-corrected chi connectivity index (χ1v) is 14.0. The van der Waals surface area contributed by atoms with E-state index in [2.05, 4.69) is 27.6 Å². The number of carbonyl (C=O) groups excluding carboxylic acids is 2. The van der Waals surface area contributed by atoms with E-state index in [0.717, 1.165) is 27.5 Å². The first kappa shape index (κ1) is 30.4. The van der Waals surface area contributed by atoms with Crippen LogP contribution < -0.4 is 15.3 Å². The second kappa shape index (κ2) is 14.3. The third-order valence-electron chi connectivity index (χ3n) is 5.90. The fourth-order valence-electron chi connectivity index (χ4n) is 4.17. The van der Waals surface area contributed by atoms with Crippen molar-refractivity contribution >= 4 is 51.2 Å². The number of cyclic esters (lactones) is 1. The molecule has 3 aromatic rings. The summed E-state index contributed by atoms with van der Waals surface area (Å²) in [5.74, 6) is -0.302. The largest absolute Gasteiger partial charge is 0.465 e. The number of rotatable bonds is 9. The van der Waals surface area contributed by atoms with E-state index < -0.39 is 6.09 Å². The molecule has 0 atom stereocenters. The number of anilines is 1. The second-order valence-corrected chi connectivity index (χ2v) is 10.2. The van der Waals surface area contributed by atoms with E-state index in [1.807, 2.05) is 64.1 Å². The van der Waals surface area contributed by atoms with Gasteiger partial charge in [0, 0.05) is 17.2 Å². The average molecular weight is 651 g/mol. The molecule has 0 N–H and O–H groups in total. The van der Waals surface area contributed by atoms with Gasteiger partial charge in [0.25, 0.3) is 17.5 Å². The highest BCUT2D eigenvalue weighted by atomic mass is 127. The van der Waals surface area contributed by atoms with E-state index in [0.29, 0.717) is 42.3 Å². The number of hydrazine groups is 1. The molecule has 4 rings (SSSR count). The van der Waals surface area contributed by atoms with E-state index in [1.54, 1.807) is 4.57 Å². The van der Waals surface area contributed by atoms with E-state index in [4.69, 9.17) is 14.2 Å². The van der Waals surface area contributed by atoms with Crippen LogP contribution in [0.5, 0.6) is 6.01 Å². The Kier molecular flexibility index (Phi) is 11.1. The van der Waals surface area contributed by atoms with Gasteiger partial charge in [-0.3, -0.25) is 14.2 Å². The lowest BCUT2D eigenvalue weighted by Gasteiger charge is -2.31. The molecule has 0 unspecified atom stereocenters. The maximum atomic E-state index is 12.5. The third-order valence-corrected chi connectivity index (χ3v) is 6.57. The van der Waals surface area contributed by atoms with Crippen LogP contribution in [0.15, 0.2) is 41.2 Å². The summed E-state index contributed by atoms with van der Waals surface area (Å²) in [7, 11) is 1.45. The molecule has 1 aromatic heterocycles. The Balaban J connectivity index is 0.000000216. The van der Waals surface area contributed by atoms with Crippen molar-refractivity contribution < 1.29 is 23.8 Å². The molecule has 0 radical (unpaired) electrons. The summed E-state index contributed by atoms with van der Waals surface area (Å²) >= 11 is 2.20. The number of halogens is 1. The molecule has 39 heavy (non-hydrogen) atoms. The summed E-state index contributed by atoms with van der Waals surface area (Å²) in [5.41, 5.74) is 3.21. The van der Waals surface area contributed by atoms with Crippen molar-refractivity contribution in [2.75, 3.05) is 38.5 Å². The van der Waals surface area contributed by atoms with Crippen LogP contribution in [0.1, 0.15) is 37.8 Å². The number of fused-ring (bicyclic) bond motifs is 1. The molecule has 1 saturated heterocycles. The van der Waals surface area contributed by atoms with Crippen molar-refractivity contribution in [3.05, 3.63) is 61.4 Å². The second-order valence-electron chi connectivity index (χ2n) is 8.98. The molecule has 1 aliphatic rings. The van der Waals surface area contributed by atoms with Crippen molar-refractivity contribution in [1.29, 1.82) is 0 Å². The highest BCUT2D eigenvalue weighted by Gasteiger charge is 2.34. The van der Waals surface area contributed by atoms with Crippen molar-refractivity contribution in [3.8, 4) is 6.01 Å². The summed E-state index contributed by atoms with van der Waals surface area (Å²) in [5, 5.41) is 3.34. The molecule has 11 heteroatoms. The zero-order chi connectivity index (χ0) is 28.5. The highest BCUT2D eigenvalue weighted by molar-refractivity contribution is 14.1. The van der Waals surface area contributed by atoms with Crippen LogP contribution in [0.2, 0.25) is 0 Å². The maximum absolute atomic E-state index is 12.5. The molecule has 1 fully saturated rings. The van der Waals surface area contributed by atoms with Gasteiger partial charge in [0.2, 0.25) is 0 Å². The number of amides is 2. The Bertz CT molecular complexity index is 1360. The predicted molar refractivity (Wildman–Crippen MR) is 158 cm³/mol. The van der Waals surface area contributed by atoms with Gasteiger partial charge in [-0.15, -0.1) is 0 Å². The number of hydrogen-bond acceptors (Lipinski definition) is 7. The summed E-state index contributed by atoms with van der Waals surface area (Å²) in [6.45, 7) is 9.60. The van der Waals surface area contributed by atoms with Gasteiger partial charge in [-0.1, -0.05) is 32.0 Å². The normalized spacial score (nSPS) is 12.7. The Morgan fingerprint density at radius 2 is 1.85 bits per heavy atom. The van der Waals surface area contributed by atoms with Crippen molar-refractivity contribution in [3.63, 3.8) is 0 Å². The molecule has 2 aromatic carbocycles. The minimum atomic E-state index is -0.517. The molecule has 10 nitrogen and oxygen atoms in total. The molecule has 0 aliphatic carbocycles. The molecule has 1 aliphatic heterocycles. The summed E-state index contributed by atoms with van der Waals surface area (Å²) in [6.07, 6.45) is 1.25. The van der Waals surface area contributed by atoms with Crippen LogP contribution in [-0.4, -0.2) is 60.0 Å². The van der Waals surface area contributed by atoms with Gasteiger partial charge < -0.3 is 14.2 Å². The molecule has 210 valence electrons. The SMILES string of the molecule is CCCOc1nc2ccc(I)cc2c(=O)n1CCC.COCC(=O)N(c1c(C)cccc1C)N1CCOC1=O. The molecule has 0 spiro atoms. The van der Waals surface area contributed by atoms with Gasteiger partial charge in [0.15, 0.2) is 0 Å². The Morgan fingerprint density at radius 3 is 2.44 bits per heavy atom. The van der Waals surface area contributed by atoms with Gasteiger partial charge in [-0.2, -0.15) is 4.98 Å². The van der Waals surface area contributed by atoms with E-state index >= 15 is 0 Å². The molecule has 2 amide bonds. The van der Waals surface area contributed by atoms with Crippen LogP contribution in [0.3, 0.4) is 0 Å². The third kappa shape index (κ3) is 7.27. The minimum Gasteiger partial charge on any atom is -0.465 e. The monoisotopic (exact) mass is 650 g/mol. The van der Waals surface area contributed by atoms with Crippen molar-refractivity contribution in [1.82, 2.24) is 14.6 Å². The Morgan fingerprint density at radius 1 is 1.13 bits per heavy atom. The summed E-state index contributed by atoms with van der Waals surface area (Å²) in [4.78, 5) is 41.1. The van der Waals surface area contributed by atoms with Gasteiger partial charge in [-0.05, 0) is 78.6 Å². The Labute approximate surface area is 242 Å². The van der Waals surface area contributed by atoms with Crippen LogP contribution in [-0.2, 0) is 20.8 Å². The number of aryl methyl sites for hydroxylation is 2. The fraction of sp³-hybridized carbons (Fsp3) is 0.429. The fourth-order valence-corrected chi connectivity index (χ4v) is 4.66. The van der Waals surface area contributed by atoms with Gasteiger partial charge in [0.05, 0.1) is 29.7 Å². The molecule has 2 heterocycles. The number of carbonyl (C=O) groups is 2. The number of nitrogens with zero attached hydrogens (tertiary/aromatic N) is 4. The van der Waals surface area contributed by atoms with E-state index in [-0.39, 0.29) is 24.7 Å². The van der Waals surface area contributed by atoms with Crippen LogP contribution in [0.4, 0.5) is 10.5 Å². The van der Waals surface area contributed by atoms with Crippen molar-refractivity contribution in [2.45, 2.75) is 47.1 Å². The van der Waals surface area contributed by atoms with Crippen LogP contribution >= 0.6 is 22.6 Å². The number of para-hydroxylation sites is 1. The standard InChI is InChI=1S/C14H17IN2O2.C14H18N2O4/c1-3-7-17-13(18)11-9-10(15)5-6-12(11)16-14(17)19-8-4-2;1-10-5-4-6-11(2)13(10)16(12(17)9-19-3)15-7-8-20-14(15)18/h5-6,9H,3-4,7-8H2,1-2H3;4-6H,7-9H2,1-3H3. The number of hydrogen-bond donors (Lipinski definition) is 0. The van der Waals surface area contributed by atoms with Gasteiger partial charge in [0.1, 0.15) is 13.2 Å². The Hall–Kier alpha value is -3.19. The summed E-state index contributed by atoms with van der Waals surface area (Å²) in [6, 6.07) is 11.8. The molecular formula is C28H35IN4O6. The maximum Gasteiger partial charge on any atom is 0.429 e. The lowest BCUT2D eigenvalue weighted by atomic mass is 10.1. The number of benzene rings is 2. The van der Waals surface area contributed by atoms with Crippen LogP contribution in [0, 0.1) is 17.4 Å². The molecule has 0 saturated carbocycles. The lowest BCUT2D eigenvalue weighted by Crippen LogP contribution is -2.49. The number of aromatic nitrogens is 2. The minimum absolute atomic E-state index is 0.0172. The van der Waals surface area contributed by atoms with Gasteiger partial charge >= 0.3 is 6.09 Å². The molecule has 0 bridgehead atoms. The van der Waals surface area contributed by atoms with Crippen LogP contribution in [0.25, 0.3) is 10.9 Å². The van der Waals surface area contributed by atoms with Crippen molar-refractivity contribution in [2.24, 2.45) is 0 Å². The lowest BCUT2D eigenvalue weighted by molar-refractivity contribution is -0.124. The topological polar surface area (TPSA) is 103 Å². The smallest absolute Gasteiger partial charge is 0.429 e. The average Bonchev–Trinajstić information content (AvgIpc) is 3.33. The predicted octanol–water partition coefficient (Wildman–Crippen LogP) is 4.85. The molecular weight excluding hydrogens is 615 g/mol. The van der Waals surface area contributed by atoms with E-state index in [9.17, 15) is 14.4 Å². The van der Waals surface area contributed by atoms with E-state index in [1.165, 1.54) is 17.1 Å². The highest BCUT2D eigenvalue weighted by Crippen LogP contribution is 2.28.